The average molecular weight is 348 g/mol. The fraction of sp³-hybridized carbons (Fsp3) is 0.417. The van der Waals surface area contributed by atoms with Gasteiger partial charge in [-0.15, -0.1) is 0 Å². The maximum Gasteiger partial charge on any atom is 0.267 e. The van der Waals surface area contributed by atoms with E-state index < -0.39 is 15.9 Å². The molecule has 0 aromatic heterocycles. The lowest BCUT2D eigenvalue weighted by atomic mass is 10.2. The van der Waals surface area contributed by atoms with E-state index in [1.807, 2.05) is 6.92 Å². The number of methoxy groups -OCH3 is 1. The molecule has 1 aromatic carbocycles. The van der Waals surface area contributed by atoms with Crippen LogP contribution >= 0.6 is 15.9 Å². The molecule has 0 saturated carbocycles. The van der Waals surface area contributed by atoms with Crippen molar-refractivity contribution in [2.45, 2.75) is 6.92 Å². The van der Waals surface area contributed by atoms with E-state index in [0.29, 0.717) is 15.8 Å². The highest BCUT2D eigenvalue weighted by molar-refractivity contribution is 9.10. The first-order valence-electron chi connectivity index (χ1n) is 5.73. The number of carbonyl (C=O) groups is 1. The fourth-order valence-electron chi connectivity index (χ4n) is 2.06. The Labute approximate surface area is 120 Å². The van der Waals surface area contributed by atoms with Gasteiger partial charge in [0.25, 0.3) is 5.91 Å². The van der Waals surface area contributed by atoms with Crippen LogP contribution in [0.25, 0.3) is 0 Å². The van der Waals surface area contributed by atoms with Gasteiger partial charge in [-0.3, -0.25) is 4.79 Å². The number of sulfonamides is 1. The van der Waals surface area contributed by atoms with Crippen molar-refractivity contribution in [2.75, 3.05) is 19.4 Å². The summed E-state index contributed by atoms with van der Waals surface area (Å²) in [7, 11) is -2.00. The molecule has 5 nitrogen and oxygen atoms in total. The van der Waals surface area contributed by atoms with Crippen molar-refractivity contribution in [1.29, 1.82) is 0 Å². The Morgan fingerprint density at radius 3 is 2.63 bits per heavy atom. The van der Waals surface area contributed by atoms with Crippen molar-refractivity contribution < 1.29 is 17.9 Å². The van der Waals surface area contributed by atoms with Crippen LogP contribution in [0.1, 0.15) is 17.3 Å². The number of carbonyl (C=O) groups excluding carboxylic acids is 1. The minimum Gasteiger partial charge on any atom is -0.497 e. The zero-order chi connectivity index (χ0) is 14.2. The topological polar surface area (TPSA) is 63.7 Å². The molecular formula is C12H14BrNO4S. The molecule has 1 aliphatic rings. The van der Waals surface area contributed by atoms with Crippen molar-refractivity contribution in [3.05, 3.63) is 28.2 Å². The number of rotatable bonds is 2. The highest BCUT2D eigenvalue weighted by Gasteiger charge is 2.37. The molecule has 0 spiro atoms. The molecule has 1 atom stereocenters. The summed E-state index contributed by atoms with van der Waals surface area (Å²) >= 11 is 3.27. The molecule has 19 heavy (non-hydrogen) atoms. The third kappa shape index (κ3) is 2.92. The lowest BCUT2D eigenvalue weighted by Crippen LogP contribution is -2.32. The Kier molecular flexibility index (Phi) is 3.87. The molecule has 1 amide bonds. The predicted molar refractivity (Wildman–Crippen MR) is 74.7 cm³/mol. The van der Waals surface area contributed by atoms with E-state index in [4.69, 9.17) is 4.74 Å². The first kappa shape index (κ1) is 14.3. The van der Waals surface area contributed by atoms with Gasteiger partial charge in [-0.05, 0) is 24.1 Å². The van der Waals surface area contributed by atoms with Crippen molar-refractivity contribution >= 4 is 31.9 Å². The SMILES string of the molecule is COc1cc(Br)cc(C(=O)N2CC(C)CS2(=O)=O)c1. The highest BCUT2D eigenvalue weighted by atomic mass is 79.9. The monoisotopic (exact) mass is 347 g/mol. The molecule has 1 saturated heterocycles. The third-order valence-electron chi connectivity index (χ3n) is 2.89. The van der Waals surface area contributed by atoms with Crippen LogP contribution in [-0.4, -0.2) is 38.0 Å². The minimum atomic E-state index is -3.49. The quantitative estimate of drug-likeness (QED) is 0.819. The van der Waals surface area contributed by atoms with Gasteiger partial charge in [-0.25, -0.2) is 12.7 Å². The lowest BCUT2D eigenvalue weighted by Gasteiger charge is -2.15. The van der Waals surface area contributed by atoms with E-state index >= 15 is 0 Å². The Bertz CT molecular complexity index is 614. The second-order valence-corrected chi connectivity index (χ2v) is 7.45. The number of amides is 1. The van der Waals surface area contributed by atoms with Crippen LogP contribution < -0.4 is 4.74 Å². The fourth-order valence-corrected chi connectivity index (χ4v) is 4.37. The van der Waals surface area contributed by atoms with Gasteiger partial charge in [0.2, 0.25) is 10.0 Å². The van der Waals surface area contributed by atoms with E-state index in [1.165, 1.54) is 13.2 Å². The van der Waals surface area contributed by atoms with E-state index in [0.717, 1.165) is 4.31 Å². The van der Waals surface area contributed by atoms with Crippen LogP contribution in [-0.2, 0) is 10.0 Å². The van der Waals surface area contributed by atoms with Crippen molar-refractivity contribution in [3.8, 4) is 5.75 Å². The summed E-state index contributed by atoms with van der Waals surface area (Å²) in [6, 6.07) is 4.83. The van der Waals surface area contributed by atoms with Gasteiger partial charge in [-0.2, -0.15) is 0 Å². The average Bonchev–Trinajstić information content (AvgIpc) is 2.60. The summed E-state index contributed by atoms with van der Waals surface area (Å²) in [4.78, 5) is 12.3. The lowest BCUT2D eigenvalue weighted by molar-refractivity contribution is 0.0863. The highest BCUT2D eigenvalue weighted by Crippen LogP contribution is 2.26. The van der Waals surface area contributed by atoms with Gasteiger partial charge in [0.1, 0.15) is 5.75 Å². The van der Waals surface area contributed by atoms with Gasteiger partial charge < -0.3 is 4.74 Å². The summed E-state index contributed by atoms with van der Waals surface area (Å²) in [6.07, 6.45) is 0. The van der Waals surface area contributed by atoms with Gasteiger partial charge in [0, 0.05) is 16.6 Å². The molecule has 1 aliphatic heterocycles. The molecule has 0 radical (unpaired) electrons. The summed E-state index contributed by atoms with van der Waals surface area (Å²) in [5.74, 6) is -0.0292. The third-order valence-corrected chi connectivity index (χ3v) is 5.32. The van der Waals surface area contributed by atoms with Crippen LogP contribution in [0.15, 0.2) is 22.7 Å². The maximum absolute atomic E-state index is 12.3. The number of hydrogen-bond acceptors (Lipinski definition) is 4. The second-order valence-electron chi connectivity index (χ2n) is 4.60. The van der Waals surface area contributed by atoms with Crippen LogP contribution in [0, 0.1) is 5.92 Å². The molecular weight excluding hydrogens is 334 g/mol. The first-order chi connectivity index (χ1) is 8.83. The van der Waals surface area contributed by atoms with Gasteiger partial charge >= 0.3 is 0 Å². The maximum atomic E-state index is 12.3. The predicted octanol–water partition coefficient (Wildman–Crippen LogP) is 1.88. The molecule has 1 unspecified atom stereocenters. The molecule has 1 heterocycles. The standard InChI is InChI=1S/C12H14BrNO4S/c1-8-6-14(19(16,17)7-8)12(15)9-3-10(13)5-11(4-9)18-2/h3-5,8H,6-7H2,1-2H3. The van der Waals surface area contributed by atoms with E-state index in [2.05, 4.69) is 15.9 Å². The largest absolute Gasteiger partial charge is 0.497 e. The summed E-state index contributed by atoms with van der Waals surface area (Å²) in [6.45, 7) is 2.04. The Balaban J connectivity index is 2.37. The summed E-state index contributed by atoms with van der Waals surface area (Å²) in [5.41, 5.74) is 0.295. The summed E-state index contributed by atoms with van der Waals surface area (Å²) < 4.78 is 30.5. The van der Waals surface area contributed by atoms with E-state index in [-0.39, 0.29) is 18.2 Å². The summed E-state index contributed by atoms with van der Waals surface area (Å²) in [5, 5.41) is 0. The van der Waals surface area contributed by atoms with Gasteiger partial charge in [-0.1, -0.05) is 22.9 Å². The van der Waals surface area contributed by atoms with Gasteiger partial charge in [0.05, 0.1) is 12.9 Å². The molecule has 0 bridgehead atoms. The van der Waals surface area contributed by atoms with Gasteiger partial charge in [0.15, 0.2) is 0 Å². The number of benzene rings is 1. The van der Waals surface area contributed by atoms with Crippen molar-refractivity contribution in [3.63, 3.8) is 0 Å². The van der Waals surface area contributed by atoms with E-state index in [1.54, 1.807) is 12.1 Å². The molecule has 104 valence electrons. The van der Waals surface area contributed by atoms with Crippen LogP contribution in [0.5, 0.6) is 5.75 Å². The molecule has 1 fully saturated rings. The molecule has 0 N–H and O–H groups in total. The zero-order valence-electron chi connectivity index (χ0n) is 10.6. The van der Waals surface area contributed by atoms with Crippen LogP contribution in [0.2, 0.25) is 0 Å². The smallest absolute Gasteiger partial charge is 0.267 e. The zero-order valence-corrected chi connectivity index (χ0v) is 13.0. The first-order valence-corrected chi connectivity index (χ1v) is 8.13. The molecule has 0 aliphatic carbocycles. The number of ether oxygens (including phenoxy) is 1. The number of nitrogens with zero attached hydrogens (tertiary/aromatic N) is 1. The molecule has 7 heteroatoms. The van der Waals surface area contributed by atoms with E-state index in [9.17, 15) is 13.2 Å². The van der Waals surface area contributed by atoms with Crippen LogP contribution in [0.3, 0.4) is 0 Å². The number of halogens is 1. The second kappa shape index (κ2) is 5.13. The van der Waals surface area contributed by atoms with Crippen LogP contribution in [0.4, 0.5) is 0 Å². The normalized spacial score (nSPS) is 21.4. The number of hydrogen-bond donors (Lipinski definition) is 0. The van der Waals surface area contributed by atoms with Crippen molar-refractivity contribution in [1.82, 2.24) is 4.31 Å². The molecule has 1 aromatic rings. The minimum absolute atomic E-state index is 0.0177. The molecule has 2 rings (SSSR count). The Morgan fingerprint density at radius 2 is 2.11 bits per heavy atom. The van der Waals surface area contributed by atoms with Crippen molar-refractivity contribution in [2.24, 2.45) is 5.92 Å². The Hall–Kier alpha value is -1.08. The Morgan fingerprint density at radius 1 is 1.42 bits per heavy atom.